The topological polar surface area (TPSA) is 122 Å². The first-order chi connectivity index (χ1) is 19.2. The van der Waals surface area contributed by atoms with E-state index in [1.807, 2.05) is 18.2 Å². The van der Waals surface area contributed by atoms with Crippen LogP contribution in [0.4, 0.5) is 22.2 Å². The highest BCUT2D eigenvalue weighted by molar-refractivity contribution is 5.94. The molecule has 0 aliphatic heterocycles. The van der Waals surface area contributed by atoms with Gasteiger partial charge in [0.05, 0.1) is 26.4 Å². The van der Waals surface area contributed by atoms with E-state index in [1.54, 1.807) is 30.3 Å². The van der Waals surface area contributed by atoms with E-state index in [9.17, 15) is 9.18 Å². The molecule has 10 nitrogen and oxygen atoms in total. The van der Waals surface area contributed by atoms with Gasteiger partial charge in [0.1, 0.15) is 5.82 Å². The monoisotopic (exact) mass is 537 g/mol. The Morgan fingerprint density at radius 2 is 1.44 bits per heavy atom. The average molecular weight is 538 g/mol. The van der Waals surface area contributed by atoms with Crippen LogP contribution in [0, 0.1) is 5.82 Å². The van der Waals surface area contributed by atoms with E-state index in [-0.39, 0.29) is 18.3 Å². The first-order valence-electron chi connectivity index (χ1n) is 13.4. The van der Waals surface area contributed by atoms with Crippen LogP contribution in [-0.2, 0) is 16.0 Å². The van der Waals surface area contributed by atoms with Crippen LogP contribution in [-0.4, -0.2) is 66.4 Å². The largest absolute Gasteiger partial charge is 0.377 e. The van der Waals surface area contributed by atoms with Gasteiger partial charge < -0.3 is 30.7 Å². The van der Waals surface area contributed by atoms with Crippen molar-refractivity contribution < 1.29 is 18.7 Å². The minimum absolute atomic E-state index is 0.118. The normalized spacial score (nSPS) is 13.3. The fourth-order valence-electron chi connectivity index (χ4n) is 4.15. The maximum absolute atomic E-state index is 14.0. The number of anilines is 3. The van der Waals surface area contributed by atoms with Gasteiger partial charge in [0, 0.05) is 36.8 Å². The highest BCUT2D eigenvalue weighted by Crippen LogP contribution is 2.22. The van der Waals surface area contributed by atoms with Gasteiger partial charge >= 0.3 is 0 Å². The van der Waals surface area contributed by atoms with E-state index in [0.717, 1.165) is 12.8 Å². The molecule has 1 amide bonds. The smallest absolute Gasteiger partial charge is 0.251 e. The number of halogens is 1. The lowest BCUT2D eigenvalue weighted by Gasteiger charge is -2.15. The van der Waals surface area contributed by atoms with Crippen LogP contribution in [0.3, 0.4) is 0 Å². The molecule has 1 aromatic heterocycles. The molecular weight excluding hydrogens is 501 g/mol. The Morgan fingerprint density at radius 3 is 2.18 bits per heavy atom. The molecule has 1 aliphatic rings. The SMILES string of the molecule is O=C(NCCOCCOCCNc1nc(NCc2ccccc2F)nc(NC2CCCC2)n1)c1ccccc1. The maximum Gasteiger partial charge on any atom is 0.251 e. The van der Waals surface area contributed by atoms with Crippen molar-refractivity contribution >= 4 is 23.8 Å². The molecule has 1 saturated carbocycles. The van der Waals surface area contributed by atoms with Crippen molar-refractivity contribution in [2.45, 2.75) is 38.3 Å². The molecule has 1 fully saturated rings. The van der Waals surface area contributed by atoms with E-state index in [2.05, 4.69) is 36.2 Å². The molecule has 0 bridgehead atoms. The summed E-state index contributed by atoms with van der Waals surface area (Å²) in [4.78, 5) is 25.4. The zero-order chi connectivity index (χ0) is 27.1. The van der Waals surface area contributed by atoms with Crippen LogP contribution in [0.15, 0.2) is 54.6 Å². The summed E-state index contributed by atoms with van der Waals surface area (Å²) < 4.78 is 25.2. The Hall–Kier alpha value is -3.83. The molecule has 39 heavy (non-hydrogen) atoms. The standard InChI is InChI=1S/C28H36FN7O3/c29-24-13-7-4-10-22(24)20-32-27-34-26(35-28(36-27)33-23-11-5-6-12-23)31-15-17-39-19-18-38-16-14-30-25(37)21-8-2-1-3-9-21/h1-4,7-10,13,23H,5-6,11-12,14-20H2,(H,30,37)(H3,31,32,33,34,35,36). The molecule has 0 radical (unpaired) electrons. The summed E-state index contributed by atoms with van der Waals surface area (Å²) in [6.07, 6.45) is 4.55. The zero-order valence-corrected chi connectivity index (χ0v) is 22.0. The molecule has 4 rings (SSSR count). The number of benzene rings is 2. The fraction of sp³-hybridized carbons (Fsp3) is 0.429. The molecule has 11 heteroatoms. The number of nitrogens with one attached hydrogen (secondary N) is 4. The van der Waals surface area contributed by atoms with E-state index in [4.69, 9.17) is 9.47 Å². The Labute approximate surface area is 228 Å². The van der Waals surface area contributed by atoms with Crippen molar-refractivity contribution in [2.75, 3.05) is 55.5 Å². The van der Waals surface area contributed by atoms with Crippen LogP contribution in [0.25, 0.3) is 0 Å². The molecule has 1 heterocycles. The van der Waals surface area contributed by atoms with Crippen LogP contribution in [0.2, 0.25) is 0 Å². The number of carbonyl (C=O) groups excluding carboxylic acids is 1. The van der Waals surface area contributed by atoms with Crippen LogP contribution >= 0.6 is 0 Å². The molecule has 208 valence electrons. The highest BCUT2D eigenvalue weighted by atomic mass is 19.1. The summed E-state index contributed by atoms with van der Waals surface area (Å²) in [6, 6.07) is 16.0. The quantitative estimate of drug-likeness (QED) is 0.202. The zero-order valence-electron chi connectivity index (χ0n) is 22.0. The molecule has 0 atom stereocenters. The molecule has 0 spiro atoms. The van der Waals surface area contributed by atoms with E-state index >= 15 is 0 Å². The van der Waals surface area contributed by atoms with Crippen molar-refractivity contribution in [1.29, 1.82) is 0 Å². The van der Waals surface area contributed by atoms with Gasteiger partial charge in [-0.2, -0.15) is 15.0 Å². The molecule has 2 aromatic carbocycles. The molecule has 3 aromatic rings. The van der Waals surface area contributed by atoms with Crippen molar-refractivity contribution in [3.63, 3.8) is 0 Å². The second-order valence-corrected chi connectivity index (χ2v) is 9.15. The van der Waals surface area contributed by atoms with Gasteiger partial charge in [-0.3, -0.25) is 4.79 Å². The predicted molar refractivity (Wildman–Crippen MR) is 148 cm³/mol. The van der Waals surface area contributed by atoms with Crippen molar-refractivity contribution in [3.05, 3.63) is 71.5 Å². The number of aromatic nitrogens is 3. The summed E-state index contributed by atoms with van der Waals surface area (Å²) in [5.41, 5.74) is 1.16. The number of ether oxygens (including phenoxy) is 2. The first-order valence-corrected chi connectivity index (χ1v) is 13.4. The Morgan fingerprint density at radius 1 is 0.795 bits per heavy atom. The van der Waals surface area contributed by atoms with Crippen LogP contribution in [0.5, 0.6) is 0 Å². The fourth-order valence-corrected chi connectivity index (χ4v) is 4.15. The lowest BCUT2D eigenvalue weighted by atomic mass is 10.2. The number of hydrogen-bond donors (Lipinski definition) is 4. The van der Waals surface area contributed by atoms with Gasteiger partial charge in [0.15, 0.2) is 0 Å². The Balaban J connectivity index is 1.15. The van der Waals surface area contributed by atoms with E-state index in [1.165, 1.54) is 18.9 Å². The van der Waals surface area contributed by atoms with Gasteiger partial charge in [0.25, 0.3) is 5.91 Å². The number of rotatable bonds is 16. The number of hydrogen-bond acceptors (Lipinski definition) is 9. The van der Waals surface area contributed by atoms with Crippen LogP contribution < -0.4 is 21.3 Å². The highest BCUT2D eigenvalue weighted by Gasteiger charge is 2.17. The van der Waals surface area contributed by atoms with Gasteiger partial charge in [-0.1, -0.05) is 49.2 Å². The maximum atomic E-state index is 14.0. The minimum atomic E-state index is -0.278. The first kappa shape index (κ1) is 28.2. The Kier molecular flexibility index (Phi) is 11.2. The summed E-state index contributed by atoms with van der Waals surface area (Å²) in [5, 5.41) is 12.5. The van der Waals surface area contributed by atoms with E-state index < -0.39 is 0 Å². The van der Waals surface area contributed by atoms with Gasteiger partial charge in [-0.25, -0.2) is 4.39 Å². The lowest BCUT2D eigenvalue weighted by Crippen LogP contribution is -2.27. The lowest BCUT2D eigenvalue weighted by molar-refractivity contribution is 0.0519. The van der Waals surface area contributed by atoms with Crippen molar-refractivity contribution in [3.8, 4) is 0 Å². The summed E-state index contributed by atoms with van der Waals surface area (Å²) in [6.45, 7) is 2.87. The summed E-state index contributed by atoms with van der Waals surface area (Å²) in [5.74, 6) is 0.872. The molecule has 0 saturated heterocycles. The van der Waals surface area contributed by atoms with Gasteiger partial charge in [-0.15, -0.1) is 0 Å². The van der Waals surface area contributed by atoms with Crippen LogP contribution in [0.1, 0.15) is 41.6 Å². The van der Waals surface area contributed by atoms with Crippen molar-refractivity contribution in [2.24, 2.45) is 0 Å². The second kappa shape index (κ2) is 15.6. The average Bonchev–Trinajstić information content (AvgIpc) is 3.47. The molecule has 4 N–H and O–H groups in total. The predicted octanol–water partition coefficient (Wildman–Crippen LogP) is 3.85. The molecule has 1 aliphatic carbocycles. The van der Waals surface area contributed by atoms with Gasteiger partial charge in [-0.05, 0) is 31.0 Å². The third-order valence-electron chi connectivity index (χ3n) is 6.19. The second-order valence-electron chi connectivity index (χ2n) is 9.15. The van der Waals surface area contributed by atoms with E-state index in [0.29, 0.717) is 74.5 Å². The molecule has 0 unspecified atom stereocenters. The number of amides is 1. The number of nitrogens with zero attached hydrogens (tertiary/aromatic N) is 3. The Bertz CT molecular complexity index is 1160. The minimum Gasteiger partial charge on any atom is -0.377 e. The summed E-state index contributed by atoms with van der Waals surface area (Å²) >= 11 is 0. The third kappa shape index (κ3) is 9.77. The molecular formula is C28H36FN7O3. The number of carbonyl (C=O) groups is 1. The van der Waals surface area contributed by atoms with Crippen molar-refractivity contribution in [1.82, 2.24) is 20.3 Å². The summed E-state index contributed by atoms with van der Waals surface area (Å²) in [7, 11) is 0. The third-order valence-corrected chi connectivity index (χ3v) is 6.19. The van der Waals surface area contributed by atoms with Gasteiger partial charge in [0.2, 0.25) is 17.8 Å².